The van der Waals surface area contributed by atoms with E-state index < -0.39 is 97.5 Å². The van der Waals surface area contributed by atoms with Crippen LogP contribution in [0.25, 0.3) is 0 Å². The van der Waals surface area contributed by atoms with E-state index in [2.05, 4.69) is 52.0 Å². The summed E-state index contributed by atoms with van der Waals surface area (Å²) in [5, 5.41) is 10.6. The fourth-order valence-electron chi connectivity index (χ4n) is 11.4. The number of esters is 4. The monoisotopic (exact) mass is 1410 g/mol. The smallest absolute Gasteiger partial charge is 0.462 e. The van der Waals surface area contributed by atoms with Crippen molar-refractivity contribution < 1.29 is 80.2 Å². The van der Waals surface area contributed by atoms with Crippen LogP contribution in [0.2, 0.25) is 0 Å². The van der Waals surface area contributed by atoms with E-state index in [1.54, 1.807) is 0 Å². The summed E-state index contributed by atoms with van der Waals surface area (Å²) >= 11 is 0. The van der Waals surface area contributed by atoms with Crippen molar-refractivity contribution in [3.8, 4) is 0 Å². The average Bonchev–Trinajstić information content (AvgIpc) is 1.29. The topological polar surface area (TPSA) is 237 Å². The summed E-state index contributed by atoms with van der Waals surface area (Å²) in [6.07, 6.45) is 64.4. The molecule has 0 heterocycles. The van der Waals surface area contributed by atoms with Gasteiger partial charge in [0, 0.05) is 25.7 Å². The minimum Gasteiger partial charge on any atom is -0.462 e. The lowest BCUT2D eigenvalue weighted by atomic mass is 10.0. The molecule has 0 aromatic heterocycles. The second-order valence-corrected chi connectivity index (χ2v) is 29.9. The summed E-state index contributed by atoms with van der Waals surface area (Å²) in [4.78, 5) is 72.9. The van der Waals surface area contributed by atoms with Crippen molar-refractivity contribution in [1.82, 2.24) is 0 Å². The molecule has 0 saturated carbocycles. The Kier molecular flexibility index (Phi) is 69.1. The van der Waals surface area contributed by atoms with E-state index in [0.29, 0.717) is 25.7 Å². The lowest BCUT2D eigenvalue weighted by Gasteiger charge is -2.21. The molecule has 566 valence electrons. The molecule has 0 saturated heterocycles. The molecule has 0 aliphatic rings. The summed E-state index contributed by atoms with van der Waals surface area (Å²) in [7, 11) is -9.92. The van der Waals surface area contributed by atoms with Gasteiger partial charge >= 0.3 is 39.5 Å². The van der Waals surface area contributed by atoms with E-state index in [1.807, 2.05) is 0 Å². The maximum absolute atomic E-state index is 13.1. The Bertz CT molecular complexity index is 1920. The molecule has 0 rings (SSSR count). The van der Waals surface area contributed by atoms with Gasteiger partial charge in [0.25, 0.3) is 0 Å². The van der Waals surface area contributed by atoms with Crippen LogP contribution in [0, 0.1) is 0 Å². The van der Waals surface area contributed by atoms with Crippen LogP contribution in [0.15, 0.2) is 24.3 Å². The van der Waals surface area contributed by atoms with Gasteiger partial charge in [-0.15, -0.1) is 0 Å². The molecule has 0 aromatic carbocycles. The van der Waals surface area contributed by atoms with Gasteiger partial charge in [0.05, 0.1) is 26.4 Å². The maximum atomic E-state index is 13.1. The lowest BCUT2D eigenvalue weighted by Crippen LogP contribution is -2.30. The van der Waals surface area contributed by atoms with E-state index in [9.17, 15) is 43.2 Å². The number of ether oxygens (including phenoxy) is 4. The van der Waals surface area contributed by atoms with Gasteiger partial charge in [0.15, 0.2) is 12.2 Å². The van der Waals surface area contributed by atoms with Crippen LogP contribution in [-0.4, -0.2) is 96.7 Å². The standard InChI is InChI=1S/C77H146O17P2/c1-5-9-13-17-21-25-29-33-35-39-42-46-50-54-58-62-75(80)88-68-72(93-76(81)63-59-55-51-47-43-38-32-28-24-20-16-12-8-4)69-91-95(83,84)89-65-71(78)66-90-96(85,86)92-70-73(67-87-74(79)61-57-53-49-45-41-37-31-27-23-19-15-11-7-3)94-77(82)64-60-56-52-48-44-40-36-34-30-26-22-18-14-10-6-2/h22,26,34,36,71-73,78H,5-21,23-25,27-33,35,37-70H2,1-4H3,(H,83,84)(H,85,86)/b26-22-,36-34-/t71-,72+,73+/m0/s1. The molecule has 2 unspecified atom stereocenters. The normalized spacial score (nSPS) is 14.0. The number of aliphatic hydroxyl groups is 1. The Morgan fingerprint density at radius 3 is 0.792 bits per heavy atom. The van der Waals surface area contributed by atoms with Gasteiger partial charge < -0.3 is 33.8 Å². The molecule has 96 heavy (non-hydrogen) atoms. The third-order valence-corrected chi connectivity index (χ3v) is 19.4. The number of hydrogen-bond acceptors (Lipinski definition) is 15. The van der Waals surface area contributed by atoms with Crippen LogP contribution in [0.4, 0.5) is 0 Å². The number of phosphoric acid groups is 2. The number of unbranched alkanes of at least 4 members (excludes halogenated alkanes) is 46. The first-order chi connectivity index (χ1) is 46.7. The van der Waals surface area contributed by atoms with E-state index in [0.717, 1.165) is 109 Å². The van der Waals surface area contributed by atoms with Crippen LogP contribution in [-0.2, 0) is 65.4 Å². The number of allylic oxidation sites excluding steroid dienone is 4. The Balaban J connectivity index is 5.29. The van der Waals surface area contributed by atoms with Gasteiger partial charge in [-0.1, -0.05) is 328 Å². The zero-order valence-electron chi connectivity index (χ0n) is 61.8. The van der Waals surface area contributed by atoms with Crippen LogP contribution < -0.4 is 0 Å². The van der Waals surface area contributed by atoms with Crippen molar-refractivity contribution in [1.29, 1.82) is 0 Å². The van der Waals surface area contributed by atoms with Gasteiger partial charge in [-0.25, -0.2) is 9.13 Å². The molecular weight excluding hydrogens is 1260 g/mol. The average molecular weight is 1410 g/mol. The molecule has 0 aliphatic carbocycles. The first-order valence-corrected chi connectivity index (χ1v) is 42.6. The number of carbonyl (C=O) groups is 4. The predicted molar refractivity (Wildman–Crippen MR) is 391 cm³/mol. The van der Waals surface area contributed by atoms with Crippen molar-refractivity contribution in [2.75, 3.05) is 39.6 Å². The first-order valence-electron chi connectivity index (χ1n) is 39.6. The fraction of sp³-hybridized carbons (Fsp3) is 0.896. The quantitative estimate of drug-likeness (QED) is 0.0169. The summed E-state index contributed by atoms with van der Waals surface area (Å²) in [6, 6.07) is 0. The third-order valence-electron chi connectivity index (χ3n) is 17.4. The zero-order valence-corrected chi connectivity index (χ0v) is 63.6. The van der Waals surface area contributed by atoms with Gasteiger partial charge in [-0.3, -0.25) is 37.3 Å². The molecule has 0 amide bonds. The van der Waals surface area contributed by atoms with Gasteiger partial charge in [0.1, 0.15) is 19.3 Å². The fourth-order valence-corrected chi connectivity index (χ4v) is 13.0. The zero-order chi connectivity index (χ0) is 70.4. The van der Waals surface area contributed by atoms with Crippen molar-refractivity contribution in [3.63, 3.8) is 0 Å². The predicted octanol–water partition coefficient (Wildman–Crippen LogP) is 22.6. The van der Waals surface area contributed by atoms with E-state index >= 15 is 0 Å². The van der Waals surface area contributed by atoms with Crippen LogP contribution in [0.3, 0.4) is 0 Å². The molecule has 3 N–H and O–H groups in total. The minimum atomic E-state index is -4.96. The van der Waals surface area contributed by atoms with Crippen molar-refractivity contribution in [2.24, 2.45) is 0 Å². The maximum Gasteiger partial charge on any atom is 0.472 e. The van der Waals surface area contributed by atoms with E-state index in [1.165, 1.54) is 199 Å². The molecule has 0 radical (unpaired) electrons. The van der Waals surface area contributed by atoms with E-state index in [-0.39, 0.29) is 25.7 Å². The van der Waals surface area contributed by atoms with Crippen molar-refractivity contribution >= 4 is 39.5 Å². The molecule has 0 spiro atoms. The summed E-state index contributed by atoms with van der Waals surface area (Å²) in [5.41, 5.74) is 0. The van der Waals surface area contributed by atoms with Gasteiger partial charge in [0.2, 0.25) is 0 Å². The minimum absolute atomic E-state index is 0.0875. The van der Waals surface area contributed by atoms with Crippen molar-refractivity contribution in [2.45, 2.75) is 406 Å². The number of carbonyl (C=O) groups excluding carboxylic acids is 4. The Morgan fingerprint density at radius 2 is 0.510 bits per heavy atom. The first kappa shape index (κ1) is 93.5. The number of rotatable bonds is 76. The van der Waals surface area contributed by atoms with Gasteiger partial charge in [-0.2, -0.15) is 0 Å². The second kappa shape index (κ2) is 71.0. The molecular formula is C77H146O17P2. The molecule has 19 heteroatoms. The second-order valence-electron chi connectivity index (χ2n) is 27.0. The number of hydrogen-bond donors (Lipinski definition) is 3. The highest BCUT2D eigenvalue weighted by Crippen LogP contribution is 2.45. The molecule has 0 fully saturated rings. The van der Waals surface area contributed by atoms with Gasteiger partial charge in [-0.05, 0) is 57.8 Å². The Hall–Kier alpha value is -2.46. The van der Waals surface area contributed by atoms with Crippen LogP contribution in [0.1, 0.15) is 387 Å². The Morgan fingerprint density at radius 1 is 0.292 bits per heavy atom. The van der Waals surface area contributed by atoms with Crippen LogP contribution >= 0.6 is 15.6 Å². The van der Waals surface area contributed by atoms with E-state index in [4.69, 9.17) is 37.0 Å². The summed E-state index contributed by atoms with van der Waals surface area (Å²) < 4.78 is 68.6. The van der Waals surface area contributed by atoms with Crippen LogP contribution in [0.5, 0.6) is 0 Å². The Labute approximate surface area is 586 Å². The van der Waals surface area contributed by atoms with Crippen molar-refractivity contribution in [3.05, 3.63) is 24.3 Å². The molecule has 5 atom stereocenters. The highest BCUT2D eigenvalue weighted by atomic mass is 31.2. The third kappa shape index (κ3) is 70.0. The molecule has 0 aromatic rings. The molecule has 0 aliphatic heterocycles. The number of aliphatic hydroxyl groups excluding tert-OH is 1. The summed E-state index contributed by atoms with van der Waals surface area (Å²) in [6.45, 7) is 4.94. The SMILES string of the molecule is CCCCC/C=C\C/C=C\CCCCCCCC(=O)O[C@H](COC(=O)CCCCCCCCCCCCCCC)COP(=O)(O)OC[C@@H](O)COP(=O)(O)OC[C@@H](COC(=O)CCCCCCCCCCCCCCCCC)OC(=O)CCCCCCCCCCCCCCC. The largest absolute Gasteiger partial charge is 0.472 e. The molecule has 17 nitrogen and oxygen atoms in total. The highest BCUT2D eigenvalue weighted by Gasteiger charge is 2.30. The summed E-state index contributed by atoms with van der Waals surface area (Å²) in [5.74, 6) is -2.14. The lowest BCUT2D eigenvalue weighted by molar-refractivity contribution is -0.161. The highest BCUT2D eigenvalue weighted by molar-refractivity contribution is 7.47. The molecule has 0 bridgehead atoms. The number of phosphoric ester groups is 2.